The molecule has 2 aromatic rings. The van der Waals surface area contributed by atoms with Gasteiger partial charge in [0.25, 0.3) is 5.56 Å². The number of aliphatic carboxylic acids is 1. The summed E-state index contributed by atoms with van der Waals surface area (Å²) >= 11 is 0. The van der Waals surface area contributed by atoms with E-state index >= 15 is 0 Å². The quantitative estimate of drug-likeness (QED) is 0.899. The second-order valence-electron chi connectivity index (χ2n) is 5.24. The minimum atomic E-state index is -1.10. The fourth-order valence-electron chi connectivity index (χ4n) is 2.53. The number of nitrogens with zero attached hydrogens (tertiary/aromatic N) is 3. The van der Waals surface area contributed by atoms with E-state index in [4.69, 9.17) is 9.84 Å². The first kappa shape index (κ1) is 15.2. The third-order valence-electron chi connectivity index (χ3n) is 3.67. The van der Waals surface area contributed by atoms with Crippen LogP contribution in [-0.2, 0) is 16.1 Å². The third-order valence-corrected chi connectivity index (χ3v) is 3.67. The van der Waals surface area contributed by atoms with Crippen LogP contribution >= 0.6 is 0 Å². The Kier molecular flexibility index (Phi) is 4.38. The second-order valence-corrected chi connectivity index (χ2v) is 5.24. The second kappa shape index (κ2) is 6.62. The summed E-state index contributed by atoms with van der Waals surface area (Å²) in [6.45, 7) is 2.02. The Balaban J connectivity index is 2.10. The largest absolute Gasteiger partial charge is 0.480 e. The molecule has 0 atom stereocenters. The van der Waals surface area contributed by atoms with Crippen LogP contribution < -0.4 is 10.5 Å². The lowest BCUT2D eigenvalue weighted by atomic mass is 10.1. The van der Waals surface area contributed by atoms with E-state index in [-0.39, 0.29) is 0 Å². The Bertz CT molecular complexity index is 752. The molecule has 120 valence electrons. The van der Waals surface area contributed by atoms with Crippen molar-refractivity contribution >= 4 is 11.8 Å². The number of aromatic nitrogens is 2. The number of benzene rings is 1. The summed E-state index contributed by atoms with van der Waals surface area (Å²) in [7, 11) is 0. The van der Waals surface area contributed by atoms with Gasteiger partial charge in [-0.1, -0.05) is 30.3 Å². The molecule has 7 nitrogen and oxygen atoms in total. The number of anilines is 1. The number of carboxylic acid groups (broad SMARTS) is 1. The summed E-state index contributed by atoms with van der Waals surface area (Å²) in [5.74, 6) is -0.509. The summed E-state index contributed by atoms with van der Waals surface area (Å²) in [6.07, 6.45) is 0. The molecule has 0 unspecified atom stereocenters. The van der Waals surface area contributed by atoms with Crippen LogP contribution in [0.25, 0.3) is 11.1 Å². The lowest BCUT2D eigenvalue weighted by Crippen LogP contribution is -2.39. The Labute approximate surface area is 132 Å². The molecule has 7 heteroatoms. The minimum Gasteiger partial charge on any atom is -0.480 e. The zero-order valence-electron chi connectivity index (χ0n) is 12.5. The fraction of sp³-hybridized carbons (Fsp3) is 0.312. The van der Waals surface area contributed by atoms with Crippen LogP contribution in [0, 0.1) is 0 Å². The maximum absolute atomic E-state index is 12.5. The number of rotatable bonds is 4. The summed E-state index contributed by atoms with van der Waals surface area (Å²) in [5.41, 5.74) is 0.785. The summed E-state index contributed by atoms with van der Waals surface area (Å²) in [6, 6.07) is 10.9. The highest BCUT2D eigenvalue weighted by Gasteiger charge is 2.18. The normalized spacial score (nSPS) is 14.7. The number of hydrogen-bond donors (Lipinski definition) is 1. The van der Waals surface area contributed by atoms with E-state index in [2.05, 4.69) is 5.10 Å². The minimum absolute atomic E-state index is 0.407. The third kappa shape index (κ3) is 3.40. The van der Waals surface area contributed by atoms with Gasteiger partial charge in [0.2, 0.25) is 0 Å². The molecule has 0 radical (unpaired) electrons. The lowest BCUT2D eigenvalue weighted by molar-refractivity contribution is -0.137. The van der Waals surface area contributed by atoms with Crippen molar-refractivity contribution in [1.29, 1.82) is 0 Å². The fourth-order valence-corrected chi connectivity index (χ4v) is 2.53. The van der Waals surface area contributed by atoms with Gasteiger partial charge in [-0.2, -0.15) is 5.10 Å². The maximum atomic E-state index is 12.5. The predicted octanol–water partition coefficient (Wildman–Crippen LogP) is 0.832. The van der Waals surface area contributed by atoms with E-state index < -0.39 is 18.1 Å². The summed E-state index contributed by atoms with van der Waals surface area (Å²) in [4.78, 5) is 25.6. The van der Waals surface area contributed by atoms with E-state index in [0.29, 0.717) is 37.7 Å². The average Bonchev–Trinajstić information content (AvgIpc) is 2.58. The van der Waals surface area contributed by atoms with Gasteiger partial charge >= 0.3 is 5.97 Å². The van der Waals surface area contributed by atoms with Crippen molar-refractivity contribution in [2.75, 3.05) is 31.2 Å². The number of ether oxygens (including phenoxy) is 1. The molecule has 0 aliphatic carbocycles. The van der Waals surface area contributed by atoms with Gasteiger partial charge in [-0.15, -0.1) is 0 Å². The smallest absolute Gasteiger partial charge is 0.325 e. The topological polar surface area (TPSA) is 84.7 Å². The Morgan fingerprint density at radius 3 is 2.57 bits per heavy atom. The molecule has 1 fully saturated rings. The van der Waals surface area contributed by atoms with Gasteiger partial charge in [-0.05, 0) is 11.6 Å². The highest BCUT2D eigenvalue weighted by atomic mass is 16.5. The van der Waals surface area contributed by atoms with Gasteiger partial charge in [0.05, 0.1) is 18.8 Å². The van der Waals surface area contributed by atoms with Crippen molar-refractivity contribution < 1.29 is 14.6 Å². The molecule has 1 aromatic heterocycles. The van der Waals surface area contributed by atoms with Gasteiger partial charge in [0.15, 0.2) is 0 Å². The first-order valence-electron chi connectivity index (χ1n) is 7.37. The van der Waals surface area contributed by atoms with Gasteiger partial charge in [-0.3, -0.25) is 9.59 Å². The van der Waals surface area contributed by atoms with Crippen LogP contribution in [-0.4, -0.2) is 47.2 Å². The van der Waals surface area contributed by atoms with Crippen LogP contribution in [0.15, 0.2) is 41.2 Å². The summed E-state index contributed by atoms with van der Waals surface area (Å²) < 4.78 is 6.33. The van der Waals surface area contributed by atoms with Crippen molar-refractivity contribution in [2.45, 2.75) is 6.54 Å². The molecular formula is C16H17N3O4. The molecule has 1 aromatic carbocycles. The molecule has 23 heavy (non-hydrogen) atoms. The molecule has 1 aliphatic rings. The highest BCUT2D eigenvalue weighted by molar-refractivity contribution is 5.68. The van der Waals surface area contributed by atoms with E-state index in [1.807, 2.05) is 35.2 Å². The van der Waals surface area contributed by atoms with E-state index in [9.17, 15) is 9.59 Å². The Hall–Kier alpha value is -2.67. The molecule has 1 saturated heterocycles. The first-order chi connectivity index (χ1) is 11.1. The van der Waals surface area contributed by atoms with Gasteiger partial charge in [0.1, 0.15) is 12.4 Å². The average molecular weight is 315 g/mol. The van der Waals surface area contributed by atoms with E-state index in [1.54, 1.807) is 6.07 Å². The monoisotopic (exact) mass is 315 g/mol. The molecule has 0 saturated carbocycles. The maximum Gasteiger partial charge on any atom is 0.325 e. The Morgan fingerprint density at radius 1 is 1.22 bits per heavy atom. The molecular weight excluding hydrogens is 298 g/mol. The zero-order chi connectivity index (χ0) is 16.2. The lowest BCUT2D eigenvalue weighted by Gasteiger charge is -2.28. The van der Waals surface area contributed by atoms with Crippen molar-refractivity contribution in [3.8, 4) is 11.1 Å². The molecule has 1 N–H and O–H groups in total. The predicted molar refractivity (Wildman–Crippen MR) is 84.6 cm³/mol. The van der Waals surface area contributed by atoms with Gasteiger partial charge < -0.3 is 14.7 Å². The molecule has 0 bridgehead atoms. The number of carbonyl (C=O) groups is 1. The summed E-state index contributed by atoms with van der Waals surface area (Å²) in [5, 5.41) is 13.2. The van der Waals surface area contributed by atoms with Gasteiger partial charge in [-0.25, -0.2) is 4.68 Å². The van der Waals surface area contributed by atoms with Crippen LogP contribution in [0.1, 0.15) is 0 Å². The number of morpholine rings is 1. The van der Waals surface area contributed by atoms with E-state index in [1.165, 1.54) is 0 Å². The number of carboxylic acids is 1. The zero-order valence-corrected chi connectivity index (χ0v) is 12.5. The van der Waals surface area contributed by atoms with Crippen molar-refractivity contribution in [1.82, 2.24) is 9.78 Å². The van der Waals surface area contributed by atoms with Crippen molar-refractivity contribution in [3.05, 3.63) is 46.8 Å². The van der Waals surface area contributed by atoms with Gasteiger partial charge in [0, 0.05) is 13.1 Å². The van der Waals surface area contributed by atoms with Crippen LogP contribution in [0.5, 0.6) is 0 Å². The molecule has 0 spiro atoms. The highest BCUT2D eigenvalue weighted by Crippen LogP contribution is 2.20. The van der Waals surface area contributed by atoms with Crippen molar-refractivity contribution in [3.63, 3.8) is 0 Å². The van der Waals surface area contributed by atoms with Crippen LogP contribution in [0.2, 0.25) is 0 Å². The SMILES string of the molecule is O=C(O)Cn1nc(N2CCOCC2)cc(-c2ccccc2)c1=O. The molecule has 0 amide bonds. The molecule has 3 rings (SSSR count). The Morgan fingerprint density at radius 2 is 1.91 bits per heavy atom. The van der Waals surface area contributed by atoms with Crippen LogP contribution in [0.4, 0.5) is 5.82 Å². The number of hydrogen-bond acceptors (Lipinski definition) is 5. The molecule has 1 aliphatic heterocycles. The van der Waals surface area contributed by atoms with E-state index in [0.717, 1.165) is 10.2 Å². The first-order valence-corrected chi connectivity index (χ1v) is 7.37. The molecule has 2 heterocycles. The van der Waals surface area contributed by atoms with Crippen molar-refractivity contribution in [2.24, 2.45) is 0 Å². The standard InChI is InChI=1S/C16H17N3O4/c20-15(21)11-19-16(22)13(12-4-2-1-3-5-12)10-14(17-19)18-6-8-23-9-7-18/h1-5,10H,6-9,11H2,(H,20,21). The van der Waals surface area contributed by atoms with Crippen LogP contribution in [0.3, 0.4) is 0 Å².